The number of azide groups is 1. The van der Waals surface area contributed by atoms with Crippen molar-refractivity contribution in [3.63, 3.8) is 0 Å². The summed E-state index contributed by atoms with van der Waals surface area (Å²) in [7, 11) is 0. The molecule has 0 spiro atoms. The molecular weight excluding hydrogens is 798 g/mol. The van der Waals surface area contributed by atoms with Gasteiger partial charge >= 0.3 is 17.9 Å². The lowest BCUT2D eigenvalue weighted by molar-refractivity contribution is -0.385. The molecule has 0 radical (unpaired) electrons. The number of carboxylic acids is 3. The summed E-state index contributed by atoms with van der Waals surface area (Å²) < 4.78 is 2.36. The van der Waals surface area contributed by atoms with Gasteiger partial charge in [-0.2, -0.15) is 0 Å². The minimum atomic E-state index is -1.47. The number of pyridine rings is 1. The molecule has 3 aromatic carbocycles. The molecule has 26 heteroatoms. The summed E-state index contributed by atoms with van der Waals surface area (Å²) in [5, 5.41) is 79.7. The van der Waals surface area contributed by atoms with Gasteiger partial charge in [-0.15, -0.1) is 10.2 Å². The second kappa shape index (κ2) is 17.6. The van der Waals surface area contributed by atoms with Crippen LogP contribution in [0.15, 0.2) is 84.2 Å². The zero-order valence-electron chi connectivity index (χ0n) is 30.2. The summed E-state index contributed by atoms with van der Waals surface area (Å²) >= 11 is 0. The molecule has 0 saturated carbocycles. The van der Waals surface area contributed by atoms with Gasteiger partial charge in [0.15, 0.2) is 5.78 Å². The lowest BCUT2D eigenvalue weighted by Gasteiger charge is -2.06. The van der Waals surface area contributed by atoms with Crippen molar-refractivity contribution in [2.75, 3.05) is 0 Å². The molecule has 0 atom stereocenters. The minimum Gasteiger partial charge on any atom is -0.477 e. The maximum absolute atomic E-state index is 12.9. The zero-order chi connectivity index (χ0) is 43.8. The maximum Gasteiger partial charge on any atom is 0.342 e. The highest BCUT2D eigenvalue weighted by Crippen LogP contribution is 2.28. The lowest BCUT2D eigenvalue weighted by Crippen LogP contribution is -2.04. The molecule has 6 rings (SSSR count). The van der Waals surface area contributed by atoms with E-state index < -0.39 is 66.4 Å². The van der Waals surface area contributed by atoms with Crippen molar-refractivity contribution in [2.45, 2.75) is 19.8 Å². The second-order valence-electron chi connectivity index (χ2n) is 11.9. The van der Waals surface area contributed by atoms with Gasteiger partial charge in [0.2, 0.25) is 0 Å². The molecule has 0 bridgehead atoms. The normalized spacial score (nSPS) is 10.4. The summed E-state index contributed by atoms with van der Waals surface area (Å²) in [5.41, 5.74) is 6.02. The Morgan fingerprint density at radius 3 is 1.47 bits per heavy atom. The van der Waals surface area contributed by atoms with E-state index in [-0.39, 0.29) is 57.6 Å². The first-order valence-electron chi connectivity index (χ1n) is 16.5. The molecule has 26 nitrogen and oxygen atoms in total. The lowest BCUT2D eigenvalue weighted by atomic mass is 10.0. The van der Waals surface area contributed by atoms with Crippen LogP contribution < -0.4 is 0 Å². The van der Waals surface area contributed by atoms with Gasteiger partial charge in [0.05, 0.1) is 49.9 Å². The topological polar surface area (TPSA) is 381 Å². The molecule has 0 aliphatic carbocycles. The number of aromatic nitrogens is 7. The summed E-state index contributed by atoms with van der Waals surface area (Å²) in [6.07, 6.45) is 3.56. The highest BCUT2D eigenvalue weighted by atomic mass is 16.6. The van der Waals surface area contributed by atoms with Crippen LogP contribution in [0.4, 0.5) is 22.7 Å². The molecule has 0 saturated heterocycles. The monoisotopic (exact) mass is 821 g/mol. The van der Waals surface area contributed by atoms with Crippen LogP contribution in [0.2, 0.25) is 0 Å². The van der Waals surface area contributed by atoms with Crippen molar-refractivity contribution in [3.8, 4) is 34.2 Å². The number of carbonyl (C=O) groups is 4. The van der Waals surface area contributed by atoms with Crippen LogP contribution in [0, 0.1) is 30.3 Å². The van der Waals surface area contributed by atoms with Crippen molar-refractivity contribution in [1.29, 1.82) is 0 Å². The molecule has 60 heavy (non-hydrogen) atoms. The van der Waals surface area contributed by atoms with E-state index in [0.29, 0.717) is 6.42 Å². The highest BCUT2D eigenvalue weighted by molar-refractivity contribution is 5.98. The number of ketones is 1. The Labute approximate surface area is 331 Å². The minimum absolute atomic E-state index is 0.00537. The average Bonchev–Trinajstić information content (AvgIpc) is 3.92. The number of carboxylic acid groups (broad SMARTS) is 3. The summed E-state index contributed by atoms with van der Waals surface area (Å²) in [4.78, 5) is 84.1. The van der Waals surface area contributed by atoms with E-state index in [2.05, 4.69) is 35.6 Å². The van der Waals surface area contributed by atoms with Crippen molar-refractivity contribution in [2.24, 2.45) is 5.11 Å². The van der Waals surface area contributed by atoms with Crippen molar-refractivity contribution >= 4 is 46.4 Å². The maximum atomic E-state index is 12.9. The molecule has 0 amide bonds. The molecule has 302 valence electrons. The van der Waals surface area contributed by atoms with Gasteiger partial charge in [-0.05, 0) is 54.4 Å². The number of Topliss-reactive ketones (excluding diaryl/α,β-unsaturated/α-hetero) is 1. The van der Waals surface area contributed by atoms with Gasteiger partial charge < -0.3 is 15.3 Å². The number of aromatic carboxylic acids is 3. The Bertz CT molecular complexity index is 2680. The molecule has 0 aliphatic rings. The number of carbonyl (C=O) groups excluding carboxylic acids is 1. The number of benzene rings is 3. The SMILES string of the molecule is CCCC(=O)c1cc(-c2cn(-c3ccc(C(=O)O)c([N+](=O)[O-])c3)nn2)nc(-c2cn(-c3ccc(C(=O)O)c([N+](=O)[O-])c3)nn2)c1.[N-]=[N+]=Nc1ccc(C(=O)O)c([N+](=O)[O-])c1. The van der Waals surface area contributed by atoms with Crippen molar-refractivity contribution < 1.29 is 49.3 Å². The van der Waals surface area contributed by atoms with Crippen LogP contribution in [0.1, 0.15) is 61.2 Å². The Morgan fingerprint density at radius 2 is 1.08 bits per heavy atom. The van der Waals surface area contributed by atoms with E-state index in [1.54, 1.807) is 0 Å². The number of nitro benzene ring substituents is 3. The van der Waals surface area contributed by atoms with E-state index in [1.165, 1.54) is 52.1 Å². The van der Waals surface area contributed by atoms with Gasteiger partial charge in [0.25, 0.3) is 17.1 Å². The molecule has 3 N–H and O–H groups in total. The summed E-state index contributed by atoms with van der Waals surface area (Å²) in [6, 6.07) is 13.0. The van der Waals surface area contributed by atoms with E-state index in [1.807, 2.05) is 6.92 Å². The van der Waals surface area contributed by atoms with Crippen LogP contribution >= 0.6 is 0 Å². The molecular formula is C34H23N13O13. The second-order valence-corrected chi connectivity index (χ2v) is 11.9. The number of hydrogen-bond donors (Lipinski definition) is 3. The Kier molecular flexibility index (Phi) is 12.3. The van der Waals surface area contributed by atoms with E-state index in [0.717, 1.165) is 36.4 Å². The smallest absolute Gasteiger partial charge is 0.342 e. The highest BCUT2D eigenvalue weighted by Gasteiger charge is 2.24. The van der Waals surface area contributed by atoms with Crippen LogP contribution in [0.25, 0.3) is 44.6 Å². The standard InChI is InChI=1S/C27H19N9O9.C7H4N4O4/c1-2-3-25(37)14-8-19(21-12-33(31-29-21)15-4-6-17(26(38)39)23(10-15)35(42)43)28-20(9-14)22-13-34(32-30-22)16-5-7-18(27(40)41)24(11-16)36(44)45;8-10-9-4-1-2-5(7(12)13)6(3-4)11(14)15/h4-13H,2-3H2,1H3,(H,38,39)(H,40,41);1-3H,(H,12,13). The van der Waals surface area contributed by atoms with E-state index >= 15 is 0 Å². The Morgan fingerprint density at radius 1 is 0.667 bits per heavy atom. The fourth-order valence-corrected chi connectivity index (χ4v) is 5.29. The molecule has 0 aliphatic heterocycles. The van der Waals surface area contributed by atoms with Gasteiger partial charge in [0, 0.05) is 40.8 Å². The number of hydrogen-bond acceptors (Lipinski definition) is 16. The van der Waals surface area contributed by atoms with Crippen LogP contribution in [-0.4, -0.2) is 88.8 Å². The third kappa shape index (κ3) is 9.20. The summed E-state index contributed by atoms with van der Waals surface area (Å²) in [5.74, 6) is -4.55. The number of rotatable bonds is 14. The molecule has 3 heterocycles. The third-order valence-electron chi connectivity index (χ3n) is 8.05. The fourth-order valence-electron chi connectivity index (χ4n) is 5.29. The number of nitro groups is 3. The van der Waals surface area contributed by atoms with Crippen molar-refractivity contribution in [3.05, 3.63) is 142 Å². The molecule has 0 unspecified atom stereocenters. The van der Waals surface area contributed by atoms with Gasteiger partial charge in [0.1, 0.15) is 28.1 Å². The quantitative estimate of drug-likeness (QED) is 0.0283. The van der Waals surface area contributed by atoms with E-state index in [9.17, 15) is 59.7 Å². The predicted molar refractivity (Wildman–Crippen MR) is 200 cm³/mol. The molecule has 3 aromatic heterocycles. The molecule has 0 fully saturated rings. The first-order valence-corrected chi connectivity index (χ1v) is 16.5. The van der Waals surface area contributed by atoms with Crippen LogP contribution in [0.3, 0.4) is 0 Å². The predicted octanol–water partition coefficient (Wildman–Crippen LogP) is 6.01. The van der Waals surface area contributed by atoms with Crippen LogP contribution in [0.5, 0.6) is 0 Å². The van der Waals surface area contributed by atoms with Crippen LogP contribution in [-0.2, 0) is 0 Å². The molecule has 6 aromatic rings. The first kappa shape index (κ1) is 41.8. The fraction of sp³-hybridized carbons (Fsp3) is 0.0882. The van der Waals surface area contributed by atoms with Gasteiger partial charge in [-0.3, -0.25) is 35.1 Å². The number of nitrogens with zero attached hydrogens (tertiary/aromatic N) is 13. The zero-order valence-corrected chi connectivity index (χ0v) is 30.2. The van der Waals surface area contributed by atoms with Gasteiger partial charge in [-0.1, -0.05) is 28.5 Å². The Balaban J connectivity index is 0.000000384. The van der Waals surface area contributed by atoms with Crippen molar-refractivity contribution in [1.82, 2.24) is 35.0 Å². The average molecular weight is 822 g/mol. The third-order valence-corrected chi connectivity index (χ3v) is 8.05. The van der Waals surface area contributed by atoms with E-state index in [4.69, 9.17) is 10.6 Å². The first-order chi connectivity index (χ1) is 28.5. The largest absolute Gasteiger partial charge is 0.477 e. The van der Waals surface area contributed by atoms with Gasteiger partial charge in [-0.25, -0.2) is 28.7 Å². The summed E-state index contributed by atoms with van der Waals surface area (Å²) in [6.45, 7) is 1.84. The Hall–Kier alpha value is -9.32.